The standard InChI is InChI=1S/C7H8O5/c8-4-1-3(7(11)12)2-5(9)6(4)10/h1,5-6,9-10H,2H2,(H,11,12)/p-1/t5-,6-/m1/s1. The van der Waals surface area contributed by atoms with E-state index in [9.17, 15) is 14.7 Å². The van der Waals surface area contributed by atoms with Crippen molar-refractivity contribution in [2.75, 3.05) is 0 Å². The molecule has 0 aromatic heterocycles. The van der Waals surface area contributed by atoms with Crippen molar-refractivity contribution in [3.8, 4) is 0 Å². The minimum absolute atomic E-state index is 0.255. The van der Waals surface area contributed by atoms with Crippen molar-refractivity contribution >= 4 is 11.8 Å². The molecule has 0 aromatic carbocycles. The van der Waals surface area contributed by atoms with Gasteiger partial charge in [0, 0.05) is 6.42 Å². The first-order valence-electron chi connectivity index (χ1n) is 3.34. The number of aliphatic carboxylic acids is 1. The second-order valence-electron chi connectivity index (χ2n) is 2.58. The van der Waals surface area contributed by atoms with Crippen molar-refractivity contribution in [2.24, 2.45) is 0 Å². The molecule has 0 bridgehead atoms. The second-order valence-corrected chi connectivity index (χ2v) is 2.58. The van der Waals surface area contributed by atoms with Crippen LogP contribution in [-0.2, 0) is 9.59 Å². The van der Waals surface area contributed by atoms with Gasteiger partial charge in [-0.3, -0.25) is 4.79 Å². The molecule has 2 atom stereocenters. The van der Waals surface area contributed by atoms with Crippen LogP contribution in [0.1, 0.15) is 6.42 Å². The summed E-state index contributed by atoms with van der Waals surface area (Å²) in [4.78, 5) is 21.0. The average molecular weight is 171 g/mol. The van der Waals surface area contributed by atoms with E-state index in [0.717, 1.165) is 6.08 Å². The van der Waals surface area contributed by atoms with E-state index >= 15 is 0 Å². The summed E-state index contributed by atoms with van der Waals surface area (Å²) in [6.45, 7) is 0. The number of hydrogen-bond donors (Lipinski definition) is 2. The molecule has 0 amide bonds. The maximum Gasteiger partial charge on any atom is 0.187 e. The monoisotopic (exact) mass is 171 g/mol. The molecule has 0 aromatic rings. The highest BCUT2D eigenvalue weighted by atomic mass is 16.4. The highest BCUT2D eigenvalue weighted by Gasteiger charge is 2.28. The number of hydrogen-bond acceptors (Lipinski definition) is 5. The topological polar surface area (TPSA) is 97.7 Å². The number of carboxylic acid groups (broad SMARTS) is 1. The maximum absolute atomic E-state index is 10.7. The van der Waals surface area contributed by atoms with E-state index in [0.29, 0.717) is 0 Å². The van der Waals surface area contributed by atoms with Crippen molar-refractivity contribution in [3.63, 3.8) is 0 Å². The first-order chi connectivity index (χ1) is 5.52. The summed E-state index contributed by atoms with van der Waals surface area (Å²) in [5.41, 5.74) is -0.280. The van der Waals surface area contributed by atoms with Gasteiger partial charge in [0.15, 0.2) is 5.78 Å². The third-order valence-electron chi connectivity index (χ3n) is 1.66. The van der Waals surface area contributed by atoms with Crippen molar-refractivity contribution in [1.82, 2.24) is 0 Å². The number of ketones is 1. The van der Waals surface area contributed by atoms with Crippen LogP contribution < -0.4 is 5.11 Å². The third-order valence-corrected chi connectivity index (χ3v) is 1.66. The summed E-state index contributed by atoms with van der Waals surface area (Å²) in [5.74, 6) is -2.29. The molecule has 0 saturated heterocycles. The molecule has 1 aliphatic carbocycles. The highest BCUT2D eigenvalue weighted by molar-refractivity contribution is 6.02. The first kappa shape index (κ1) is 8.89. The Balaban J connectivity index is 2.89. The summed E-state index contributed by atoms with van der Waals surface area (Å²) in [6, 6.07) is 0. The van der Waals surface area contributed by atoms with Crippen LogP contribution in [0.5, 0.6) is 0 Å². The van der Waals surface area contributed by atoms with Crippen LogP contribution in [0.4, 0.5) is 0 Å². The molecule has 5 heteroatoms. The Morgan fingerprint density at radius 2 is 2.17 bits per heavy atom. The molecule has 0 radical (unpaired) electrons. The van der Waals surface area contributed by atoms with Crippen molar-refractivity contribution in [2.45, 2.75) is 18.6 Å². The molecule has 2 N–H and O–H groups in total. The lowest BCUT2D eigenvalue weighted by molar-refractivity contribution is -0.299. The van der Waals surface area contributed by atoms with E-state index in [4.69, 9.17) is 10.2 Å². The van der Waals surface area contributed by atoms with Crippen LogP contribution >= 0.6 is 0 Å². The molecule has 0 saturated carbocycles. The molecule has 12 heavy (non-hydrogen) atoms. The van der Waals surface area contributed by atoms with Crippen molar-refractivity contribution in [3.05, 3.63) is 11.6 Å². The molecular weight excluding hydrogens is 164 g/mol. The molecular formula is C7H7O5-. The van der Waals surface area contributed by atoms with E-state index in [-0.39, 0.29) is 12.0 Å². The van der Waals surface area contributed by atoms with Crippen LogP contribution in [0.3, 0.4) is 0 Å². The average Bonchev–Trinajstić information content (AvgIpc) is 1.99. The Hall–Kier alpha value is -1.20. The van der Waals surface area contributed by atoms with E-state index in [1.165, 1.54) is 0 Å². The van der Waals surface area contributed by atoms with Gasteiger partial charge in [-0.2, -0.15) is 0 Å². The lowest BCUT2D eigenvalue weighted by atomic mass is 9.94. The predicted molar refractivity (Wildman–Crippen MR) is 34.7 cm³/mol. The highest BCUT2D eigenvalue weighted by Crippen LogP contribution is 2.15. The molecule has 0 fully saturated rings. The largest absolute Gasteiger partial charge is 0.545 e. The Kier molecular flexibility index (Phi) is 2.25. The van der Waals surface area contributed by atoms with Gasteiger partial charge in [-0.15, -0.1) is 0 Å². The quantitative estimate of drug-likeness (QED) is 0.449. The molecule has 66 valence electrons. The number of aliphatic hydroxyl groups excluding tert-OH is 2. The Bertz CT molecular complexity index is 255. The molecule has 0 unspecified atom stereocenters. The Morgan fingerprint density at radius 1 is 1.58 bits per heavy atom. The van der Waals surface area contributed by atoms with Gasteiger partial charge in [0.05, 0.1) is 12.1 Å². The number of carbonyl (C=O) groups excluding carboxylic acids is 2. The van der Waals surface area contributed by atoms with Gasteiger partial charge in [-0.05, 0) is 11.6 Å². The number of aliphatic hydroxyl groups is 2. The van der Waals surface area contributed by atoms with Gasteiger partial charge >= 0.3 is 0 Å². The van der Waals surface area contributed by atoms with E-state index in [2.05, 4.69) is 0 Å². The normalized spacial score (nSPS) is 29.8. The lowest BCUT2D eigenvalue weighted by Gasteiger charge is -2.22. The molecule has 0 heterocycles. The molecule has 0 spiro atoms. The molecule has 1 rings (SSSR count). The van der Waals surface area contributed by atoms with E-state index in [1.807, 2.05) is 0 Å². The summed E-state index contributed by atoms with van der Waals surface area (Å²) < 4.78 is 0. The summed E-state index contributed by atoms with van der Waals surface area (Å²) in [6.07, 6.45) is -2.31. The number of carbonyl (C=O) groups is 2. The van der Waals surface area contributed by atoms with Gasteiger partial charge in [0.2, 0.25) is 0 Å². The summed E-state index contributed by atoms with van der Waals surface area (Å²) in [5, 5.41) is 28.1. The Labute approximate surface area is 67.9 Å². The van der Waals surface area contributed by atoms with Gasteiger partial charge in [0.1, 0.15) is 6.10 Å². The third kappa shape index (κ3) is 1.51. The SMILES string of the molecule is O=C([O-])C1=CC(=O)[C@@H](O)[C@H](O)C1. The van der Waals surface area contributed by atoms with Gasteiger partial charge in [-0.1, -0.05) is 0 Å². The van der Waals surface area contributed by atoms with Crippen LogP contribution in [0.15, 0.2) is 11.6 Å². The van der Waals surface area contributed by atoms with Crippen molar-refractivity contribution < 1.29 is 24.9 Å². The zero-order chi connectivity index (χ0) is 9.30. The van der Waals surface area contributed by atoms with Gasteiger partial charge < -0.3 is 20.1 Å². The smallest absolute Gasteiger partial charge is 0.187 e. The Morgan fingerprint density at radius 3 is 2.58 bits per heavy atom. The number of rotatable bonds is 1. The maximum atomic E-state index is 10.7. The zero-order valence-corrected chi connectivity index (χ0v) is 6.06. The van der Waals surface area contributed by atoms with E-state index < -0.39 is 24.0 Å². The minimum atomic E-state index is -1.51. The first-order valence-corrected chi connectivity index (χ1v) is 3.34. The zero-order valence-electron chi connectivity index (χ0n) is 6.06. The van der Waals surface area contributed by atoms with Crippen molar-refractivity contribution in [1.29, 1.82) is 0 Å². The summed E-state index contributed by atoms with van der Waals surface area (Å²) >= 11 is 0. The fraction of sp³-hybridized carbons (Fsp3) is 0.429. The van der Waals surface area contributed by atoms with Crippen LogP contribution in [0, 0.1) is 0 Å². The second kappa shape index (κ2) is 3.04. The lowest BCUT2D eigenvalue weighted by Crippen LogP contribution is -2.40. The molecule has 0 aliphatic heterocycles. The molecule has 1 aliphatic rings. The van der Waals surface area contributed by atoms with Gasteiger partial charge in [-0.25, -0.2) is 0 Å². The minimum Gasteiger partial charge on any atom is -0.545 e. The van der Waals surface area contributed by atoms with Crippen LogP contribution in [0.25, 0.3) is 0 Å². The number of carboxylic acids is 1. The molecule has 5 nitrogen and oxygen atoms in total. The predicted octanol–water partition coefficient (Wildman–Crippen LogP) is -2.64. The van der Waals surface area contributed by atoms with E-state index in [1.54, 1.807) is 0 Å². The summed E-state index contributed by atoms with van der Waals surface area (Å²) in [7, 11) is 0. The van der Waals surface area contributed by atoms with Crippen LogP contribution in [-0.4, -0.2) is 34.2 Å². The van der Waals surface area contributed by atoms with Gasteiger partial charge in [0.25, 0.3) is 0 Å². The fourth-order valence-corrected chi connectivity index (χ4v) is 0.985. The fourth-order valence-electron chi connectivity index (χ4n) is 0.985. The van der Waals surface area contributed by atoms with Crippen LogP contribution in [0.2, 0.25) is 0 Å².